The van der Waals surface area contributed by atoms with Crippen molar-refractivity contribution >= 4 is 17.5 Å². The number of methoxy groups -OCH3 is 1. The van der Waals surface area contributed by atoms with Crippen molar-refractivity contribution in [2.24, 2.45) is 0 Å². The van der Waals surface area contributed by atoms with Gasteiger partial charge >= 0.3 is 0 Å². The first-order valence-corrected chi connectivity index (χ1v) is 9.85. The smallest absolute Gasteiger partial charge is 0.257 e. The zero-order valence-electron chi connectivity index (χ0n) is 16.8. The van der Waals surface area contributed by atoms with Gasteiger partial charge in [0.15, 0.2) is 0 Å². The second kappa shape index (κ2) is 8.91. The number of rotatable bonds is 7. The molecular weight excluding hydrogens is 356 g/mol. The molecule has 1 atom stereocenters. The number of hydrogen-bond acceptors (Lipinski definition) is 4. The van der Waals surface area contributed by atoms with Crippen molar-refractivity contribution in [3.63, 3.8) is 0 Å². The molecule has 7 heteroatoms. The Morgan fingerprint density at radius 3 is 2.75 bits per heavy atom. The van der Waals surface area contributed by atoms with E-state index in [1.807, 2.05) is 31.2 Å². The van der Waals surface area contributed by atoms with Gasteiger partial charge in [0.25, 0.3) is 5.91 Å². The zero-order valence-corrected chi connectivity index (χ0v) is 16.8. The average Bonchev–Trinajstić information content (AvgIpc) is 3.21. The number of para-hydroxylation sites is 2. The SMILES string of the molecule is CCCC[C@@H]1CN(c2ccccc2OC)C(=O)CN1C(=O)c1cnn(CC)c1. The minimum Gasteiger partial charge on any atom is -0.495 e. The third kappa shape index (κ3) is 4.03. The molecule has 28 heavy (non-hydrogen) atoms. The summed E-state index contributed by atoms with van der Waals surface area (Å²) < 4.78 is 7.16. The molecule has 0 radical (unpaired) electrons. The van der Waals surface area contributed by atoms with E-state index < -0.39 is 0 Å². The summed E-state index contributed by atoms with van der Waals surface area (Å²) in [6, 6.07) is 7.46. The van der Waals surface area contributed by atoms with Gasteiger partial charge in [-0.15, -0.1) is 0 Å². The van der Waals surface area contributed by atoms with Crippen LogP contribution in [-0.4, -0.2) is 52.7 Å². The maximum absolute atomic E-state index is 13.1. The van der Waals surface area contributed by atoms with E-state index in [2.05, 4.69) is 12.0 Å². The topological polar surface area (TPSA) is 67.7 Å². The van der Waals surface area contributed by atoms with Crippen LogP contribution in [0.25, 0.3) is 0 Å². The molecule has 1 fully saturated rings. The monoisotopic (exact) mass is 384 g/mol. The molecule has 1 aliphatic rings. The molecule has 1 aliphatic heterocycles. The highest BCUT2D eigenvalue weighted by Gasteiger charge is 2.36. The zero-order chi connectivity index (χ0) is 20.1. The summed E-state index contributed by atoms with van der Waals surface area (Å²) in [5.74, 6) is 0.427. The largest absolute Gasteiger partial charge is 0.495 e. The van der Waals surface area contributed by atoms with Crippen LogP contribution in [0.4, 0.5) is 5.69 Å². The van der Waals surface area contributed by atoms with Gasteiger partial charge in [-0.2, -0.15) is 5.10 Å². The third-order valence-electron chi connectivity index (χ3n) is 5.17. The minimum atomic E-state index is -0.131. The van der Waals surface area contributed by atoms with Gasteiger partial charge in [0, 0.05) is 19.3 Å². The van der Waals surface area contributed by atoms with E-state index in [4.69, 9.17) is 4.74 Å². The Hall–Kier alpha value is -2.83. The Labute approximate surface area is 165 Å². The number of anilines is 1. The predicted octanol–water partition coefficient (Wildman–Crippen LogP) is 2.96. The number of aromatic nitrogens is 2. The predicted molar refractivity (Wildman–Crippen MR) is 108 cm³/mol. The molecule has 1 saturated heterocycles. The minimum absolute atomic E-state index is 0.0416. The number of amides is 2. The summed E-state index contributed by atoms with van der Waals surface area (Å²) in [6.07, 6.45) is 6.21. The van der Waals surface area contributed by atoms with E-state index in [0.29, 0.717) is 24.4 Å². The Morgan fingerprint density at radius 1 is 1.29 bits per heavy atom. The van der Waals surface area contributed by atoms with Crippen molar-refractivity contribution < 1.29 is 14.3 Å². The summed E-state index contributed by atoms with van der Waals surface area (Å²) in [5.41, 5.74) is 1.28. The highest BCUT2D eigenvalue weighted by molar-refractivity contribution is 6.02. The quantitative estimate of drug-likeness (QED) is 0.736. The van der Waals surface area contributed by atoms with Crippen molar-refractivity contribution in [3.8, 4) is 5.75 Å². The molecule has 1 aromatic carbocycles. The Bertz CT molecular complexity index is 833. The number of carbonyl (C=O) groups is 2. The molecule has 3 rings (SSSR count). The first-order chi connectivity index (χ1) is 13.6. The van der Waals surface area contributed by atoms with Crippen LogP contribution in [0.1, 0.15) is 43.5 Å². The first kappa shape index (κ1) is 19.9. The van der Waals surface area contributed by atoms with Crippen LogP contribution in [0.3, 0.4) is 0 Å². The van der Waals surface area contributed by atoms with Gasteiger partial charge in [-0.25, -0.2) is 0 Å². The van der Waals surface area contributed by atoms with Gasteiger partial charge in [0.05, 0.1) is 30.6 Å². The average molecular weight is 384 g/mol. The lowest BCUT2D eigenvalue weighted by Gasteiger charge is -2.41. The van der Waals surface area contributed by atoms with E-state index in [1.165, 1.54) is 0 Å². The van der Waals surface area contributed by atoms with Crippen molar-refractivity contribution in [1.29, 1.82) is 0 Å². The molecule has 7 nitrogen and oxygen atoms in total. The van der Waals surface area contributed by atoms with Gasteiger partial charge in [-0.05, 0) is 25.5 Å². The van der Waals surface area contributed by atoms with Crippen LogP contribution in [0.2, 0.25) is 0 Å². The maximum atomic E-state index is 13.1. The number of aryl methyl sites for hydroxylation is 1. The van der Waals surface area contributed by atoms with Crippen molar-refractivity contribution in [1.82, 2.24) is 14.7 Å². The van der Waals surface area contributed by atoms with E-state index >= 15 is 0 Å². The van der Waals surface area contributed by atoms with Gasteiger partial charge in [-0.1, -0.05) is 31.9 Å². The fourth-order valence-corrected chi connectivity index (χ4v) is 3.59. The molecule has 2 heterocycles. The number of unbranched alkanes of at least 4 members (excludes halogenated alkanes) is 1. The van der Waals surface area contributed by atoms with Crippen molar-refractivity contribution in [2.75, 3.05) is 25.1 Å². The number of nitrogens with zero attached hydrogens (tertiary/aromatic N) is 4. The number of hydrogen-bond donors (Lipinski definition) is 0. The Balaban J connectivity index is 1.86. The van der Waals surface area contributed by atoms with Crippen molar-refractivity contribution in [3.05, 3.63) is 42.2 Å². The van der Waals surface area contributed by atoms with Gasteiger partial charge in [-0.3, -0.25) is 14.3 Å². The normalized spacial score (nSPS) is 17.1. The standard InChI is InChI=1S/C21H28N4O3/c1-4-6-9-17-14-25(18-10-7-8-11-19(18)28-3)20(26)15-24(17)21(27)16-12-22-23(5-2)13-16/h7-8,10-13,17H,4-6,9,14-15H2,1-3H3/t17-/m1/s1. The lowest BCUT2D eigenvalue weighted by atomic mass is 10.0. The molecule has 2 aromatic rings. The number of benzene rings is 1. The van der Waals surface area contributed by atoms with Crippen LogP contribution in [0, 0.1) is 0 Å². The molecular formula is C21H28N4O3. The highest BCUT2D eigenvalue weighted by atomic mass is 16.5. The summed E-state index contributed by atoms with van der Waals surface area (Å²) in [5, 5.41) is 4.20. The van der Waals surface area contributed by atoms with Crippen LogP contribution in [0.5, 0.6) is 5.75 Å². The van der Waals surface area contributed by atoms with Crippen LogP contribution >= 0.6 is 0 Å². The summed E-state index contributed by atoms with van der Waals surface area (Å²) in [7, 11) is 1.60. The Kier molecular flexibility index (Phi) is 6.34. The molecule has 0 aliphatic carbocycles. The summed E-state index contributed by atoms with van der Waals surface area (Å²) in [4.78, 5) is 29.5. The van der Waals surface area contributed by atoms with Gasteiger partial charge < -0.3 is 14.5 Å². The lowest BCUT2D eigenvalue weighted by molar-refractivity contribution is -0.121. The molecule has 0 spiro atoms. The van der Waals surface area contributed by atoms with Gasteiger partial charge in [0.2, 0.25) is 5.91 Å². The second-order valence-corrected chi connectivity index (χ2v) is 6.99. The first-order valence-electron chi connectivity index (χ1n) is 9.85. The lowest BCUT2D eigenvalue weighted by Crippen LogP contribution is -2.58. The fraction of sp³-hybridized carbons (Fsp3) is 0.476. The summed E-state index contributed by atoms with van der Waals surface area (Å²) >= 11 is 0. The van der Waals surface area contributed by atoms with E-state index in [0.717, 1.165) is 24.9 Å². The fourth-order valence-electron chi connectivity index (χ4n) is 3.59. The molecule has 150 valence electrons. The van der Waals surface area contributed by atoms with Crippen LogP contribution < -0.4 is 9.64 Å². The Morgan fingerprint density at radius 2 is 2.07 bits per heavy atom. The van der Waals surface area contributed by atoms with E-state index in [1.54, 1.807) is 34.0 Å². The number of carbonyl (C=O) groups excluding carboxylic acids is 2. The molecule has 0 bridgehead atoms. The van der Waals surface area contributed by atoms with E-state index in [9.17, 15) is 9.59 Å². The molecule has 0 N–H and O–H groups in total. The molecule has 0 saturated carbocycles. The van der Waals surface area contributed by atoms with Gasteiger partial charge in [0.1, 0.15) is 12.3 Å². The van der Waals surface area contributed by atoms with Crippen LogP contribution in [-0.2, 0) is 11.3 Å². The molecule has 0 unspecified atom stereocenters. The van der Waals surface area contributed by atoms with Crippen LogP contribution in [0.15, 0.2) is 36.7 Å². The third-order valence-corrected chi connectivity index (χ3v) is 5.17. The van der Waals surface area contributed by atoms with Crippen molar-refractivity contribution in [2.45, 2.75) is 45.7 Å². The molecule has 2 amide bonds. The van der Waals surface area contributed by atoms with E-state index in [-0.39, 0.29) is 24.4 Å². The number of piperazine rings is 1. The maximum Gasteiger partial charge on any atom is 0.257 e. The second-order valence-electron chi connectivity index (χ2n) is 6.99. The number of ether oxygens (including phenoxy) is 1. The highest BCUT2D eigenvalue weighted by Crippen LogP contribution is 2.31. The molecule has 1 aromatic heterocycles. The summed E-state index contributed by atoms with van der Waals surface area (Å²) in [6.45, 7) is 5.33.